The van der Waals surface area contributed by atoms with Crippen LogP contribution in [0.15, 0.2) is 24.5 Å². The Morgan fingerprint density at radius 2 is 2.09 bits per heavy atom. The molecule has 0 saturated heterocycles. The van der Waals surface area contributed by atoms with E-state index in [-0.39, 0.29) is 24.6 Å². The average molecular weight is 500 g/mol. The van der Waals surface area contributed by atoms with Gasteiger partial charge in [-0.2, -0.15) is 0 Å². The van der Waals surface area contributed by atoms with E-state index in [4.69, 9.17) is 21.1 Å². The fraction of sp³-hybridized carbons (Fsp3) is 0.435. The highest BCUT2D eigenvalue weighted by atomic mass is 35.5. The number of fused-ring (bicyclic) bond motifs is 2. The van der Waals surface area contributed by atoms with E-state index >= 15 is 0 Å². The third-order valence-electron chi connectivity index (χ3n) is 6.26. The molecule has 4 N–H and O–H groups in total. The van der Waals surface area contributed by atoms with Crippen LogP contribution in [-0.2, 0) is 17.9 Å². The van der Waals surface area contributed by atoms with Crippen molar-refractivity contribution in [3.8, 4) is 11.8 Å². The van der Waals surface area contributed by atoms with Gasteiger partial charge in [-0.1, -0.05) is 11.6 Å². The smallest absolute Gasteiger partial charge is 0.263 e. The summed E-state index contributed by atoms with van der Waals surface area (Å²) in [6, 6.07) is 3.66. The van der Waals surface area contributed by atoms with Crippen molar-refractivity contribution in [2.45, 2.75) is 50.5 Å². The lowest BCUT2D eigenvalue weighted by Gasteiger charge is -2.34. The van der Waals surface area contributed by atoms with E-state index in [0.29, 0.717) is 53.3 Å². The minimum Gasteiger partial charge on any atom is -0.481 e. The van der Waals surface area contributed by atoms with Gasteiger partial charge >= 0.3 is 0 Å². The second-order valence-corrected chi connectivity index (χ2v) is 9.01. The molecule has 3 aromatic heterocycles. The maximum Gasteiger partial charge on any atom is 0.263 e. The Kier molecular flexibility index (Phi) is 6.91. The zero-order valence-electron chi connectivity index (χ0n) is 19.1. The summed E-state index contributed by atoms with van der Waals surface area (Å²) >= 11 is 6.43. The molecule has 1 aliphatic carbocycles. The molecule has 1 amide bonds. The fourth-order valence-electron chi connectivity index (χ4n) is 4.40. The molecule has 1 fully saturated rings. The average Bonchev–Trinajstić information content (AvgIpc) is 2.87. The second kappa shape index (κ2) is 10.2. The Morgan fingerprint density at radius 1 is 1.20 bits per heavy atom. The van der Waals surface area contributed by atoms with Gasteiger partial charge in [-0.25, -0.2) is 15.0 Å². The van der Waals surface area contributed by atoms with Gasteiger partial charge in [0.05, 0.1) is 41.2 Å². The number of nitrogens with one attached hydrogen (secondary N) is 3. The fourth-order valence-corrected chi connectivity index (χ4v) is 4.61. The summed E-state index contributed by atoms with van der Waals surface area (Å²) in [4.78, 5) is 29.0. The summed E-state index contributed by atoms with van der Waals surface area (Å²) in [5, 5.41) is 20.8. The number of carbonyl (C=O) groups excluding carboxylic acids is 1. The number of anilines is 1. The number of methoxy groups -OCH3 is 1. The minimum absolute atomic E-state index is 0.0528. The molecule has 0 aromatic carbocycles. The molecule has 2 aliphatic rings. The number of hydrogen-bond donors (Lipinski definition) is 4. The maximum absolute atomic E-state index is 11.5. The van der Waals surface area contributed by atoms with E-state index in [0.717, 1.165) is 23.9 Å². The summed E-state index contributed by atoms with van der Waals surface area (Å²) < 4.78 is 10.5. The van der Waals surface area contributed by atoms with E-state index in [1.54, 1.807) is 25.6 Å². The number of pyridine rings is 2. The third-order valence-corrected chi connectivity index (χ3v) is 6.59. The molecule has 0 radical (unpaired) electrons. The number of aromatic nitrogens is 4. The highest BCUT2D eigenvalue weighted by Crippen LogP contribution is 2.27. The van der Waals surface area contributed by atoms with Crippen LogP contribution in [0.1, 0.15) is 30.5 Å². The lowest BCUT2D eigenvalue weighted by molar-refractivity contribution is -0.118. The van der Waals surface area contributed by atoms with Crippen LogP contribution < -0.4 is 25.4 Å². The first-order chi connectivity index (χ1) is 17.0. The van der Waals surface area contributed by atoms with Crippen molar-refractivity contribution in [1.29, 1.82) is 0 Å². The molecule has 0 unspecified atom stereocenters. The van der Waals surface area contributed by atoms with Crippen LogP contribution in [0.2, 0.25) is 5.02 Å². The van der Waals surface area contributed by atoms with Gasteiger partial charge in [0.1, 0.15) is 0 Å². The molecule has 1 saturated carbocycles. The van der Waals surface area contributed by atoms with Crippen molar-refractivity contribution >= 4 is 34.4 Å². The zero-order valence-corrected chi connectivity index (χ0v) is 19.9. The van der Waals surface area contributed by atoms with Crippen molar-refractivity contribution in [3.63, 3.8) is 0 Å². The molecule has 1 aliphatic heterocycles. The SMILES string of the molecule is COc1ccc2ncc(Cl)c(CN[C@H]3CC[C@H](NCc4cnc5c(n4)NC(=O)CO5)C[C@H]3O)c2n1. The van der Waals surface area contributed by atoms with Crippen LogP contribution in [0.25, 0.3) is 11.0 Å². The number of ether oxygens (including phenoxy) is 2. The standard InChI is InChI=1S/C23H26ClN7O4/c1-34-20-5-4-17-21(31-20)14(15(24)10-27-17)9-26-16-3-2-12(6-18(16)32)25-7-13-8-28-23-22(29-13)30-19(33)11-35-23/h4-5,8,10,12,16,18,25-26,32H,2-3,6-7,9,11H2,1H3,(H,29,30,33)/t12-,16-,18+/m0/s1. The van der Waals surface area contributed by atoms with E-state index in [9.17, 15) is 9.90 Å². The monoisotopic (exact) mass is 499 g/mol. The van der Waals surface area contributed by atoms with Gasteiger partial charge in [-0.05, 0) is 25.3 Å². The number of nitrogens with zero attached hydrogens (tertiary/aromatic N) is 4. The first-order valence-corrected chi connectivity index (χ1v) is 11.8. The number of amides is 1. The Balaban J connectivity index is 1.16. The molecule has 4 heterocycles. The summed E-state index contributed by atoms with van der Waals surface area (Å²) in [5.74, 6) is 0.906. The van der Waals surface area contributed by atoms with Gasteiger partial charge in [0.15, 0.2) is 12.4 Å². The first-order valence-electron chi connectivity index (χ1n) is 11.4. The Morgan fingerprint density at radius 3 is 2.91 bits per heavy atom. The third kappa shape index (κ3) is 5.27. The number of rotatable bonds is 7. The largest absolute Gasteiger partial charge is 0.481 e. The van der Waals surface area contributed by atoms with Crippen LogP contribution >= 0.6 is 11.6 Å². The molecular formula is C23H26ClN7O4. The molecule has 35 heavy (non-hydrogen) atoms. The highest BCUT2D eigenvalue weighted by Gasteiger charge is 2.29. The summed E-state index contributed by atoms with van der Waals surface area (Å²) in [7, 11) is 1.57. The van der Waals surface area contributed by atoms with Crippen LogP contribution in [0.5, 0.6) is 11.8 Å². The normalized spacial score (nSPS) is 21.8. The molecule has 3 atom stereocenters. The maximum atomic E-state index is 11.5. The van der Waals surface area contributed by atoms with Crippen LogP contribution in [-0.4, -0.2) is 62.9 Å². The van der Waals surface area contributed by atoms with Gasteiger partial charge in [-0.3, -0.25) is 9.78 Å². The first kappa shape index (κ1) is 23.6. The van der Waals surface area contributed by atoms with Crippen LogP contribution in [0, 0.1) is 0 Å². The van der Waals surface area contributed by atoms with Gasteiger partial charge in [0, 0.05) is 43.0 Å². The predicted octanol–water partition coefficient (Wildman–Crippen LogP) is 1.57. The number of aliphatic hydroxyl groups excluding tert-OH is 1. The number of carbonyl (C=O) groups is 1. The Hall–Kier alpha value is -3.12. The molecular weight excluding hydrogens is 474 g/mol. The Labute approximate surface area is 206 Å². The topological polar surface area (TPSA) is 143 Å². The van der Waals surface area contributed by atoms with E-state index in [2.05, 4.69) is 35.9 Å². The van der Waals surface area contributed by atoms with E-state index in [1.807, 2.05) is 6.07 Å². The number of halogens is 1. The van der Waals surface area contributed by atoms with Gasteiger partial charge < -0.3 is 30.5 Å². The van der Waals surface area contributed by atoms with Crippen molar-refractivity contribution in [1.82, 2.24) is 30.6 Å². The van der Waals surface area contributed by atoms with Crippen LogP contribution in [0.4, 0.5) is 5.82 Å². The van der Waals surface area contributed by atoms with Gasteiger partial charge in [0.25, 0.3) is 11.8 Å². The summed E-state index contributed by atoms with van der Waals surface area (Å²) in [5.41, 5.74) is 2.93. The molecule has 3 aromatic rings. The predicted molar refractivity (Wildman–Crippen MR) is 128 cm³/mol. The molecule has 184 valence electrons. The second-order valence-electron chi connectivity index (χ2n) is 8.60. The lowest BCUT2D eigenvalue weighted by Crippen LogP contribution is -2.48. The van der Waals surface area contributed by atoms with Crippen molar-refractivity contribution in [2.75, 3.05) is 19.0 Å². The molecule has 0 spiro atoms. The number of aliphatic hydroxyl groups is 1. The molecule has 5 rings (SSSR count). The highest BCUT2D eigenvalue weighted by molar-refractivity contribution is 6.32. The quantitative estimate of drug-likeness (QED) is 0.378. The molecule has 12 heteroatoms. The van der Waals surface area contributed by atoms with Crippen molar-refractivity contribution in [2.24, 2.45) is 0 Å². The summed E-state index contributed by atoms with van der Waals surface area (Å²) in [6.45, 7) is 0.872. The minimum atomic E-state index is -0.530. The van der Waals surface area contributed by atoms with E-state index in [1.165, 1.54) is 0 Å². The van der Waals surface area contributed by atoms with Crippen molar-refractivity contribution in [3.05, 3.63) is 40.8 Å². The number of hydrogen-bond acceptors (Lipinski definition) is 10. The van der Waals surface area contributed by atoms with Gasteiger partial charge in [-0.15, -0.1) is 0 Å². The van der Waals surface area contributed by atoms with E-state index < -0.39 is 6.10 Å². The van der Waals surface area contributed by atoms with Crippen molar-refractivity contribution < 1.29 is 19.4 Å². The van der Waals surface area contributed by atoms with Gasteiger partial charge in [0.2, 0.25) is 5.88 Å². The molecule has 0 bridgehead atoms. The zero-order chi connectivity index (χ0) is 24.4. The Bertz CT molecular complexity index is 1240. The lowest BCUT2D eigenvalue weighted by atomic mass is 9.88. The molecule has 11 nitrogen and oxygen atoms in total. The van der Waals surface area contributed by atoms with Crippen LogP contribution in [0.3, 0.4) is 0 Å². The summed E-state index contributed by atoms with van der Waals surface area (Å²) in [6.07, 6.45) is 4.97.